The van der Waals surface area contributed by atoms with Gasteiger partial charge in [0.2, 0.25) is 0 Å². The van der Waals surface area contributed by atoms with Crippen LogP contribution in [0, 0.1) is 0 Å². The SMILES string of the molecule is O=C1C=C(OC(=O)C(=O)OC2=CC(=O)CC2)CC1. The number of carbonyl (C=O) groups is 4. The molecule has 0 bridgehead atoms. The molecule has 0 saturated heterocycles. The van der Waals surface area contributed by atoms with Crippen LogP contribution in [0.15, 0.2) is 23.7 Å². The number of hydrogen-bond acceptors (Lipinski definition) is 6. The van der Waals surface area contributed by atoms with Crippen molar-refractivity contribution in [1.82, 2.24) is 0 Å². The second-order valence-corrected chi connectivity index (χ2v) is 3.93. The molecule has 0 fully saturated rings. The van der Waals surface area contributed by atoms with Gasteiger partial charge in [0.05, 0.1) is 0 Å². The zero-order valence-corrected chi connectivity index (χ0v) is 9.43. The molecule has 6 heteroatoms. The zero-order valence-electron chi connectivity index (χ0n) is 9.43. The summed E-state index contributed by atoms with van der Waals surface area (Å²) in [5.74, 6) is -2.32. The normalized spacial score (nSPS) is 18.4. The Balaban J connectivity index is 1.87. The average molecular weight is 250 g/mol. The fraction of sp³-hybridized carbons (Fsp3) is 0.333. The molecule has 0 spiro atoms. The summed E-state index contributed by atoms with van der Waals surface area (Å²) in [5.41, 5.74) is 0. The Labute approximate surface area is 102 Å². The summed E-state index contributed by atoms with van der Waals surface area (Å²) in [5, 5.41) is 0. The van der Waals surface area contributed by atoms with Gasteiger partial charge in [-0.1, -0.05) is 0 Å². The predicted molar refractivity (Wildman–Crippen MR) is 56.8 cm³/mol. The summed E-state index contributed by atoms with van der Waals surface area (Å²) in [6, 6.07) is 0. The lowest BCUT2D eigenvalue weighted by atomic mass is 10.3. The first-order chi connectivity index (χ1) is 8.54. The van der Waals surface area contributed by atoms with Crippen molar-refractivity contribution in [3.8, 4) is 0 Å². The van der Waals surface area contributed by atoms with Crippen LogP contribution in [0.1, 0.15) is 25.7 Å². The van der Waals surface area contributed by atoms with Crippen LogP contribution in [-0.2, 0) is 28.7 Å². The lowest BCUT2D eigenvalue weighted by Gasteiger charge is -2.04. The standard InChI is InChI=1S/C12H10O6/c13-7-1-3-9(5-7)17-11(15)12(16)18-10-4-2-8(14)6-10/h5-6H,1-4H2. The smallest absolute Gasteiger partial charge is 0.422 e. The maximum atomic E-state index is 11.3. The van der Waals surface area contributed by atoms with Gasteiger partial charge >= 0.3 is 11.9 Å². The minimum absolute atomic E-state index is 0.143. The van der Waals surface area contributed by atoms with Crippen molar-refractivity contribution < 1.29 is 28.7 Å². The summed E-state index contributed by atoms with van der Waals surface area (Å²) in [6.45, 7) is 0. The van der Waals surface area contributed by atoms with Crippen molar-refractivity contribution in [2.45, 2.75) is 25.7 Å². The monoisotopic (exact) mass is 250 g/mol. The molecule has 18 heavy (non-hydrogen) atoms. The number of ketones is 2. The number of esters is 2. The summed E-state index contributed by atoms with van der Waals surface area (Å²) in [4.78, 5) is 44.4. The maximum Gasteiger partial charge on any atom is 0.422 e. The van der Waals surface area contributed by atoms with Crippen LogP contribution in [0.4, 0.5) is 0 Å². The first-order valence-electron chi connectivity index (χ1n) is 5.45. The first kappa shape index (κ1) is 12.2. The van der Waals surface area contributed by atoms with Gasteiger partial charge in [-0.2, -0.15) is 0 Å². The molecule has 2 aliphatic carbocycles. The highest BCUT2D eigenvalue weighted by molar-refractivity contribution is 6.30. The van der Waals surface area contributed by atoms with Crippen LogP contribution in [0.2, 0.25) is 0 Å². The molecule has 0 aromatic rings. The molecule has 0 N–H and O–H groups in total. The summed E-state index contributed by atoms with van der Waals surface area (Å²) in [6.07, 6.45) is 3.53. The highest BCUT2D eigenvalue weighted by atomic mass is 16.6. The van der Waals surface area contributed by atoms with Crippen molar-refractivity contribution in [1.29, 1.82) is 0 Å². The Morgan fingerprint density at radius 2 is 1.17 bits per heavy atom. The Bertz CT molecular complexity index is 451. The lowest BCUT2D eigenvalue weighted by Crippen LogP contribution is -2.19. The van der Waals surface area contributed by atoms with Gasteiger partial charge in [-0.15, -0.1) is 0 Å². The second-order valence-electron chi connectivity index (χ2n) is 3.93. The molecule has 0 unspecified atom stereocenters. The maximum absolute atomic E-state index is 11.3. The van der Waals surface area contributed by atoms with Gasteiger partial charge in [0, 0.05) is 37.8 Å². The minimum Gasteiger partial charge on any atom is -0.422 e. The lowest BCUT2D eigenvalue weighted by molar-refractivity contribution is -0.162. The molecule has 0 radical (unpaired) electrons. The molecular formula is C12H10O6. The number of allylic oxidation sites excluding steroid dienone is 4. The molecule has 0 saturated carbocycles. The zero-order chi connectivity index (χ0) is 13.1. The third-order valence-corrected chi connectivity index (χ3v) is 2.49. The van der Waals surface area contributed by atoms with Gasteiger partial charge in [0.1, 0.15) is 11.5 Å². The van der Waals surface area contributed by atoms with Gasteiger partial charge in [-0.05, 0) is 0 Å². The van der Waals surface area contributed by atoms with Crippen molar-refractivity contribution in [2.24, 2.45) is 0 Å². The van der Waals surface area contributed by atoms with E-state index < -0.39 is 11.9 Å². The Morgan fingerprint density at radius 3 is 1.44 bits per heavy atom. The van der Waals surface area contributed by atoms with E-state index in [1.807, 2.05) is 0 Å². The van der Waals surface area contributed by atoms with E-state index >= 15 is 0 Å². The number of ether oxygens (including phenoxy) is 2. The van der Waals surface area contributed by atoms with Crippen LogP contribution >= 0.6 is 0 Å². The molecule has 0 aromatic heterocycles. The minimum atomic E-state index is -1.18. The van der Waals surface area contributed by atoms with E-state index in [0.717, 1.165) is 0 Å². The molecule has 0 aromatic carbocycles. The Hall–Kier alpha value is -2.24. The third kappa shape index (κ3) is 2.91. The second kappa shape index (κ2) is 4.95. The van der Waals surface area contributed by atoms with Crippen molar-refractivity contribution in [2.75, 3.05) is 0 Å². The fourth-order valence-electron chi connectivity index (χ4n) is 1.62. The highest BCUT2D eigenvalue weighted by Crippen LogP contribution is 2.18. The summed E-state index contributed by atoms with van der Waals surface area (Å²) < 4.78 is 9.39. The van der Waals surface area contributed by atoms with Gasteiger partial charge in [0.25, 0.3) is 0 Å². The molecular weight excluding hydrogens is 240 g/mol. The molecule has 0 amide bonds. The summed E-state index contributed by atoms with van der Waals surface area (Å²) >= 11 is 0. The van der Waals surface area contributed by atoms with Gasteiger partial charge in [0.15, 0.2) is 11.6 Å². The molecule has 0 aliphatic heterocycles. The van der Waals surface area contributed by atoms with Crippen molar-refractivity contribution in [3.63, 3.8) is 0 Å². The van der Waals surface area contributed by atoms with E-state index in [0.29, 0.717) is 12.8 Å². The Kier molecular flexibility index (Phi) is 3.36. The van der Waals surface area contributed by atoms with E-state index in [2.05, 4.69) is 0 Å². The van der Waals surface area contributed by atoms with Crippen LogP contribution in [0.5, 0.6) is 0 Å². The third-order valence-electron chi connectivity index (χ3n) is 2.49. The quantitative estimate of drug-likeness (QED) is 0.526. The van der Waals surface area contributed by atoms with Gasteiger partial charge in [-0.3, -0.25) is 9.59 Å². The molecule has 2 rings (SSSR count). The number of rotatable bonds is 2. The molecule has 6 nitrogen and oxygen atoms in total. The number of hydrogen-bond donors (Lipinski definition) is 0. The van der Waals surface area contributed by atoms with Gasteiger partial charge < -0.3 is 9.47 Å². The topological polar surface area (TPSA) is 86.7 Å². The van der Waals surface area contributed by atoms with Gasteiger partial charge in [-0.25, -0.2) is 9.59 Å². The van der Waals surface area contributed by atoms with E-state index in [4.69, 9.17) is 9.47 Å². The molecule has 0 heterocycles. The summed E-state index contributed by atoms with van der Waals surface area (Å²) in [7, 11) is 0. The number of carbonyl (C=O) groups excluding carboxylic acids is 4. The predicted octanol–water partition coefficient (Wildman–Crippen LogP) is 0.566. The van der Waals surface area contributed by atoms with E-state index in [1.165, 1.54) is 12.2 Å². The average Bonchev–Trinajstić information content (AvgIpc) is 2.88. The van der Waals surface area contributed by atoms with Crippen LogP contribution in [-0.4, -0.2) is 23.5 Å². The molecule has 0 atom stereocenters. The van der Waals surface area contributed by atoms with Crippen LogP contribution in [0.3, 0.4) is 0 Å². The molecule has 2 aliphatic rings. The van der Waals surface area contributed by atoms with E-state index in [9.17, 15) is 19.2 Å². The highest BCUT2D eigenvalue weighted by Gasteiger charge is 2.25. The largest absolute Gasteiger partial charge is 0.422 e. The Morgan fingerprint density at radius 1 is 0.778 bits per heavy atom. The molecule has 94 valence electrons. The van der Waals surface area contributed by atoms with Crippen LogP contribution in [0.25, 0.3) is 0 Å². The van der Waals surface area contributed by atoms with E-state index in [-0.39, 0.29) is 35.9 Å². The van der Waals surface area contributed by atoms with E-state index in [1.54, 1.807) is 0 Å². The first-order valence-corrected chi connectivity index (χ1v) is 5.45. The van der Waals surface area contributed by atoms with Crippen LogP contribution < -0.4 is 0 Å². The van der Waals surface area contributed by atoms with Crippen molar-refractivity contribution in [3.05, 3.63) is 23.7 Å². The van der Waals surface area contributed by atoms with Crippen molar-refractivity contribution >= 4 is 23.5 Å². The fourth-order valence-corrected chi connectivity index (χ4v) is 1.62.